The fraction of sp³-hybridized carbons (Fsp3) is 0.263. The zero-order valence-electron chi connectivity index (χ0n) is 15.0. The highest BCUT2D eigenvalue weighted by atomic mass is 16.2. The summed E-state index contributed by atoms with van der Waals surface area (Å²) in [5.74, 6) is -0.468. The number of nitrogens with two attached hydrogens (primary N) is 1. The first kappa shape index (κ1) is 18.5. The third-order valence-electron chi connectivity index (χ3n) is 4.11. The fourth-order valence-corrected chi connectivity index (χ4v) is 2.94. The van der Waals surface area contributed by atoms with Crippen LogP contribution in [0.3, 0.4) is 0 Å². The van der Waals surface area contributed by atoms with Gasteiger partial charge in [-0.05, 0) is 44.0 Å². The van der Waals surface area contributed by atoms with Crippen molar-refractivity contribution in [3.8, 4) is 5.69 Å². The predicted molar refractivity (Wildman–Crippen MR) is 103 cm³/mol. The van der Waals surface area contributed by atoms with Gasteiger partial charge in [-0.1, -0.05) is 6.07 Å². The van der Waals surface area contributed by atoms with Gasteiger partial charge < -0.3 is 10.8 Å². The Morgan fingerprint density at radius 3 is 2.78 bits per heavy atom. The Labute approximate surface area is 156 Å². The maximum Gasteiger partial charge on any atom is 0.261 e. The molecule has 1 saturated carbocycles. The molecule has 0 atom stereocenters. The second-order valence-corrected chi connectivity index (χ2v) is 6.16. The number of rotatable bonds is 3. The molecule has 0 radical (unpaired) electrons. The molecule has 1 aliphatic rings. The van der Waals surface area contributed by atoms with E-state index in [0.29, 0.717) is 11.5 Å². The molecule has 0 saturated heterocycles. The monoisotopic (exact) mass is 366 g/mol. The van der Waals surface area contributed by atoms with E-state index in [0.717, 1.165) is 35.1 Å². The van der Waals surface area contributed by atoms with Gasteiger partial charge in [0.05, 0.1) is 28.7 Å². The molecule has 1 aliphatic carbocycles. The molecule has 27 heavy (non-hydrogen) atoms. The minimum absolute atomic E-state index is 0.250. The van der Waals surface area contributed by atoms with Crippen LogP contribution in [0.25, 0.3) is 16.6 Å². The number of aromatic nitrogens is 3. The maximum absolute atomic E-state index is 12.3. The molecule has 3 aromatic rings. The van der Waals surface area contributed by atoms with E-state index in [-0.39, 0.29) is 12.6 Å². The first-order valence-electron chi connectivity index (χ1n) is 8.75. The average Bonchev–Trinajstić information content (AvgIpc) is 3.39. The fourth-order valence-electron chi connectivity index (χ4n) is 2.94. The van der Waals surface area contributed by atoms with Crippen molar-refractivity contribution in [2.24, 2.45) is 5.73 Å². The largest absolute Gasteiger partial charge is 0.397 e. The Morgan fingerprint density at radius 2 is 2.11 bits per heavy atom. The number of fused-ring (bicyclic) bond motifs is 1. The van der Waals surface area contributed by atoms with Crippen LogP contribution in [0.1, 0.15) is 41.7 Å². The van der Waals surface area contributed by atoms with Gasteiger partial charge in [0.2, 0.25) is 0 Å². The van der Waals surface area contributed by atoms with Gasteiger partial charge in [-0.3, -0.25) is 20.5 Å². The number of nitrogens with one attached hydrogen (secondary N) is 2. The van der Waals surface area contributed by atoms with E-state index in [2.05, 4.69) is 15.4 Å². The number of amides is 1. The third kappa shape index (κ3) is 3.95. The van der Waals surface area contributed by atoms with Crippen LogP contribution < -0.4 is 11.1 Å². The first-order valence-corrected chi connectivity index (χ1v) is 8.75. The third-order valence-corrected chi connectivity index (χ3v) is 4.11. The van der Waals surface area contributed by atoms with Crippen molar-refractivity contribution in [1.82, 2.24) is 20.1 Å². The quantitative estimate of drug-likeness (QED) is 0.416. The molecule has 2 aromatic heterocycles. The SMILES string of the molecule is CCO.N=C(N)NC(=O)c1cnn(-c2cccc3ncccc23)c1C1CC1. The predicted octanol–water partition coefficient (Wildman–Crippen LogP) is 1.92. The molecule has 8 nitrogen and oxygen atoms in total. The first-order chi connectivity index (χ1) is 13.1. The van der Waals surface area contributed by atoms with E-state index in [1.807, 2.05) is 35.0 Å². The number of carbonyl (C=O) groups is 1. The number of aliphatic hydroxyl groups is 1. The average molecular weight is 366 g/mol. The summed E-state index contributed by atoms with van der Waals surface area (Å²) >= 11 is 0. The van der Waals surface area contributed by atoms with Crippen molar-refractivity contribution in [2.45, 2.75) is 25.7 Å². The highest BCUT2D eigenvalue weighted by Crippen LogP contribution is 2.43. The molecule has 1 fully saturated rings. The van der Waals surface area contributed by atoms with Crippen LogP contribution in [0.4, 0.5) is 0 Å². The minimum atomic E-state index is -0.394. The molecule has 1 aromatic carbocycles. The molecule has 0 spiro atoms. The van der Waals surface area contributed by atoms with Crippen molar-refractivity contribution in [3.63, 3.8) is 0 Å². The Morgan fingerprint density at radius 1 is 1.37 bits per heavy atom. The lowest BCUT2D eigenvalue weighted by Crippen LogP contribution is -2.36. The van der Waals surface area contributed by atoms with E-state index in [4.69, 9.17) is 16.2 Å². The molecule has 0 unspecified atom stereocenters. The van der Waals surface area contributed by atoms with Crippen molar-refractivity contribution in [1.29, 1.82) is 5.41 Å². The second-order valence-electron chi connectivity index (χ2n) is 6.16. The molecule has 0 aliphatic heterocycles. The molecule has 5 N–H and O–H groups in total. The van der Waals surface area contributed by atoms with Crippen LogP contribution >= 0.6 is 0 Å². The van der Waals surface area contributed by atoms with Gasteiger partial charge in [-0.25, -0.2) is 4.68 Å². The van der Waals surface area contributed by atoms with E-state index < -0.39 is 5.91 Å². The summed E-state index contributed by atoms with van der Waals surface area (Å²) in [5.41, 5.74) is 8.38. The summed E-state index contributed by atoms with van der Waals surface area (Å²) in [7, 11) is 0. The van der Waals surface area contributed by atoms with Crippen LogP contribution in [0.2, 0.25) is 0 Å². The summed E-state index contributed by atoms with van der Waals surface area (Å²) in [6.45, 7) is 1.93. The van der Waals surface area contributed by atoms with Crippen LogP contribution in [-0.4, -0.2) is 38.3 Å². The second kappa shape index (κ2) is 7.96. The van der Waals surface area contributed by atoms with Crippen LogP contribution in [0, 0.1) is 5.41 Å². The molecule has 140 valence electrons. The summed E-state index contributed by atoms with van der Waals surface area (Å²) in [6, 6.07) is 9.72. The molecule has 1 amide bonds. The maximum atomic E-state index is 12.3. The number of pyridine rings is 1. The lowest BCUT2D eigenvalue weighted by atomic mass is 10.1. The summed E-state index contributed by atoms with van der Waals surface area (Å²) in [5, 5.41) is 22.6. The molecular formula is C19H22N6O2. The van der Waals surface area contributed by atoms with E-state index in [1.54, 1.807) is 19.3 Å². The summed E-state index contributed by atoms with van der Waals surface area (Å²) in [6.07, 6.45) is 5.34. The number of carbonyl (C=O) groups excluding carboxylic acids is 1. The van der Waals surface area contributed by atoms with E-state index in [9.17, 15) is 4.79 Å². The van der Waals surface area contributed by atoms with E-state index >= 15 is 0 Å². The number of aliphatic hydroxyl groups excluding tert-OH is 1. The smallest absolute Gasteiger partial charge is 0.261 e. The minimum Gasteiger partial charge on any atom is -0.397 e. The highest BCUT2D eigenvalue weighted by molar-refractivity contribution is 6.05. The Balaban J connectivity index is 0.000000659. The van der Waals surface area contributed by atoms with Crippen molar-refractivity contribution < 1.29 is 9.90 Å². The van der Waals surface area contributed by atoms with Gasteiger partial charge in [-0.2, -0.15) is 5.10 Å². The zero-order valence-corrected chi connectivity index (χ0v) is 15.0. The summed E-state index contributed by atoms with van der Waals surface area (Å²) in [4.78, 5) is 16.7. The van der Waals surface area contributed by atoms with Gasteiger partial charge in [0.1, 0.15) is 0 Å². The van der Waals surface area contributed by atoms with Crippen LogP contribution in [0.15, 0.2) is 42.7 Å². The zero-order chi connectivity index (χ0) is 19.4. The Kier molecular flexibility index (Phi) is 5.46. The van der Waals surface area contributed by atoms with Gasteiger partial charge in [-0.15, -0.1) is 0 Å². The van der Waals surface area contributed by atoms with Crippen molar-refractivity contribution in [3.05, 3.63) is 54.0 Å². The molecule has 2 heterocycles. The Bertz CT molecular complexity index is 972. The number of hydrogen-bond acceptors (Lipinski definition) is 5. The topological polar surface area (TPSA) is 130 Å². The standard InChI is InChI=1S/C17H16N6O.C2H6O/c18-17(19)22-16(24)12-9-21-23(15(12)10-6-7-10)14-5-1-4-13-11(14)3-2-8-20-13;1-2-3/h1-5,8-10H,6-7H2,(H4,18,19,22,24);3H,2H2,1H3. The number of hydrogen-bond donors (Lipinski definition) is 4. The van der Waals surface area contributed by atoms with Crippen molar-refractivity contribution in [2.75, 3.05) is 6.61 Å². The normalized spacial score (nSPS) is 13.0. The summed E-state index contributed by atoms with van der Waals surface area (Å²) < 4.78 is 1.82. The van der Waals surface area contributed by atoms with E-state index in [1.165, 1.54) is 0 Å². The van der Waals surface area contributed by atoms with Gasteiger partial charge in [0.25, 0.3) is 5.91 Å². The Hall–Kier alpha value is -3.26. The van der Waals surface area contributed by atoms with Crippen LogP contribution in [-0.2, 0) is 0 Å². The molecular weight excluding hydrogens is 344 g/mol. The van der Waals surface area contributed by atoms with Gasteiger partial charge in [0, 0.05) is 24.1 Å². The molecule has 0 bridgehead atoms. The number of benzene rings is 1. The van der Waals surface area contributed by atoms with Crippen LogP contribution in [0.5, 0.6) is 0 Å². The molecule has 4 rings (SSSR count). The number of guanidine groups is 1. The number of nitrogens with zero attached hydrogens (tertiary/aromatic N) is 3. The van der Waals surface area contributed by atoms with Gasteiger partial charge in [0.15, 0.2) is 5.96 Å². The lowest BCUT2D eigenvalue weighted by molar-refractivity contribution is 0.0975. The lowest BCUT2D eigenvalue weighted by Gasteiger charge is -2.11. The highest BCUT2D eigenvalue weighted by Gasteiger charge is 2.33. The van der Waals surface area contributed by atoms with Crippen molar-refractivity contribution >= 4 is 22.8 Å². The molecule has 8 heteroatoms. The van der Waals surface area contributed by atoms with Gasteiger partial charge >= 0.3 is 0 Å².